The highest BCUT2D eigenvalue weighted by Crippen LogP contribution is 2.19. The fourth-order valence-corrected chi connectivity index (χ4v) is 3.68. The molecule has 0 radical (unpaired) electrons. The summed E-state index contributed by atoms with van der Waals surface area (Å²) in [6.07, 6.45) is 3.53. The summed E-state index contributed by atoms with van der Waals surface area (Å²) >= 11 is 0. The summed E-state index contributed by atoms with van der Waals surface area (Å²) in [7, 11) is 0. The second-order valence-electron chi connectivity index (χ2n) is 6.91. The van der Waals surface area contributed by atoms with Crippen molar-refractivity contribution in [3.8, 4) is 0 Å². The fourth-order valence-electron chi connectivity index (χ4n) is 3.68. The van der Waals surface area contributed by atoms with Gasteiger partial charge in [-0.1, -0.05) is 5.16 Å². The number of morpholine rings is 1. The van der Waals surface area contributed by atoms with Crippen LogP contribution in [0.5, 0.6) is 0 Å². The van der Waals surface area contributed by atoms with Crippen molar-refractivity contribution in [2.45, 2.75) is 52.0 Å². The first-order chi connectivity index (χ1) is 12.1. The van der Waals surface area contributed by atoms with E-state index in [0.29, 0.717) is 39.0 Å². The number of carbonyl (C=O) groups is 2. The molecule has 3 rings (SSSR count). The van der Waals surface area contributed by atoms with Gasteiger partial charge in [-0.3, -0.25) is 9.59 Å². The Kier molecular flexibility index (Phi) is 5.73. The van der Waals surface area contributed by atoms with E-state index in [9.17, 15) is 9.59 Å². The van der Waals surface area contributed by atoms with E-state index < -0.39 is 0 Å². The molecule has 25 heavy (non-hydrogen) atoms. The average molecular weight is 349 g/mol. The molecule has 7 nitrogen and oxygen atoms in total. The first kappa shape index (κ1) is 17.9. The lowest BCUT2D eigenvalue weighted by Gasteiger charge is -2.36. The molecule has 2 saturated heterocycles. The first-order valence-electron chi connectivity index (χ1n) is 9.13. The lowest BCUT2D eigenvalue weighted by atomic mass is 10.1. The summed E-state index contributed by atoms with van der Waals surface area (Å²) in [5.74, 6) is 0.979. The van der Waals surface area contributed by atoms with Crippen LogP contribution in [0.2, 0.25) is 0 Å². The lowest BCUT2D eigenvalue weighted by molar-refractivity contribution is -0.143. The van der Waals surface area contributed by atoms with Gasteiger partial charge >= 0.3 is 0 Å². The fraction of sp³-hybridized carbons (Fsp3) is 0.722. The zero-order chi connectivity index (χ0) is 17.8. The molecular weight excluding hydrogens is 322 g/mol. The number of rotatable bonds is 5. The van der Waals surface area contributed by atoms with Crippen molar-refractivity contribution in [1.29, 1.82) is 0 Å². The maximum Gasteiger partial charge on any atom is 0.224 e. The van der Waals surface area contributed by atoms with Crippen LogP contribution in [0.15, 0.2) is 4.52 Å². The molecule has 0 aromatic carbocycles. The van der Waals surface area contributed by atoms with Crippen LogP contribution in [0.25, 0.3) is 0 Å². The van der Waals surface area contributed by atoms with Gasteiger partial charge < -0.3 is 19.1 Å². The van der Waals surface area contributed by atoms with Gasteiger partial charge in [0.15, 0.2) is 0 Å². The van der Waals surface area contributed by atoms with Crippen molar-refractivity contribution in [2.24, 2.45) is 0 Å². The van der Waals surface area contributed by atoms with E-state index in [0.717, 1.165) is 42.9 Å². The Bertz CT molecular complexity index is 602. The minimum Gasteiger partial charge on any atom is -0.377 e. The summed E-state index contributed by atoms with van der Waals surface area (Å²) in [5.41, 5.74) is 1.85. The Balaban J connectivity index is 1.57. The monoisotopic (exact) mass is 349 g/mol. The molecule has 138 valence electrons. The highest BCUT2D eigenvalue weighted by molar-refractivity contribution is 5.80. The molecule has 0 unspecified atom stereocenters. The maximum atomic E-state index is 12.7. The Morgan fingerprint density at radius 2 is 1.92 bits per heavy atom. The summed E-state index contributed by atoms with van der Waals surface area (Å²) in [4.78, 5) is 28.9. The van der Waals surface area contributed by atoms with Crippen LogP contribution in [0.3, 0.4) is 0 Å². The van der Waals surface area contributed by atoms with Crippen molar-refractivity contribution in [3.05, 3.63) is 17.0 Å². The van der Waals surface area contributed by atoms with E-state index in [1.165, 1.54) is 0 Å². The number of aromatic nitrogens is 1. The summed E-state index contributed by atoms with van der Waals surface area (Å²) in [6, 6.07) is -0.154. The minimum atomic E-state index is -0.154. The van der Waals surface area contributed by atoms with E-state index in [1.807, 2.05) is 23.6 Å². The Morgan fingerprint density at radius 3 is 2.60 bits per heavy atom. The number of ether oxygens (including phenoxy) is 1. The van der Waals surface area contributed by atoms with Crippen molar-refractivity contribution in [2.75, 3.05) is 32.8 Å². The number of hydrogen-bond donors (Lipinski definition) is 0. The molecule has 1 atom stereocenters. The van der Waals surface area contributed by atoms with Gasteiger partial charge in [0.05, 0.1) is 24.9 Å². The van der Waals surface area contributed by atoms with Crippen molar-refractivity contribution < 1.29 is 18.8 Å². The first-order valence-corrected chi connectivity index (χ1v) is 9.13. The van der Waals surface area contributed by atoms with Gasteiger partial charge in [-0.15, -0.1) is 0 Å². The zero-order valence-corrected chi connectivity index (χ0v) is 15.1. The quantitative estimate of drug-likeness (QED) is 0.804. The predicted molar refractivity (Wildman–Crippen MR) is 91.0 cm³/mol. The maximum absolute atomic E-state index is 12.7. The molecule has 0 spiro atoms. The van der Waals surface area contributed by atoms with Crippen LogP contribution in [-0.4, -0.2) is 65.7 Å². The van der Waals surface area contributed by atoms with Gasteiger partial charge in [0.1, 0.15) is 5.76 Å². The predicted octanol–water partition coefficient (Wildman–Crippen LogP) is 1.46. The Labute approximate surface area is 148 Å². The van der Waals surface area contributed by atoms with Gasteiger partial charge in [0.25, 0.3) is 0 Å². The van der Waals surface area contributed by atoms with Crippen LogP contribution >= 0.6 is 0 Å². The van der Waals surface area contributed by atoms with E-state index in [4.69, 9.17) is 9.26 Å². The summed E-state index contributed by atoms with van der Waals surface area (Å²) < 4.78 is 10.7. The van der Waals surface area contributed by atoms with E-state index in [1.54, 1.807) is 0 Å². The number of amides is 2. The molecule has 2 aliphatic heterocycles. The van der Waals surface area contributed by atoms with Gasteiger partial charge in [-0.2, -0.15) is 0 Å². The van der Waals surface area contributed by atoms with Gasteiger partial charge in [0, 0.05) is 38.0 Å². The topological polar surface area (TPSA) is 75.9 Å². The molecule has 2 amide bonds. The molecule has 2 aliphatic rings. The molecular formula is C18H27N3O4. The third kappa shape index (κ3) is 4.21. The van der Waals surface area contributed by atoms with Crippen molar-refractivity contribution in [3.63, 3.8) is 0 Å². The zero-order valence-electron chi connectivity index (χ0n) is 15.1. The van der Waals surface area contributed by atoms with Crippen molar-refractivity contribution in [1.82, 2.24) is 15.0 Å². The summed E-state index contributed by atoms with van der Waals surface area (Å²) in [6.45, 7) is 6.97. The van der Waals surface area contributed by atoms with Crippen LogP contribution in [0.4, 0.5) is 0 Å². The molecule has 1 aromatic rings. The van der Waals surface area contributed by atoms with Crippen LogP contribution in [-0.2, 0) is 20.7 Å². The molecule has 3 heterocycles. The number of aryl methyl sites for hydroxylation is 2. The molecule has 1 aromatic heterocycles. The SMILES string of the molecule is Cc1noc(C)c1CCC(=O)N1CCOC[C@H]1CC(=O)N1CCCC1. The summed E-state index contributed by atoms with van der Waals surface area (Å²) in [5, 5.41) is 3.93. The number of likely N-dealkylation sites (tertiary alicyclic amines) is 1. The molecule has 0 aliphatic carbocycles. The molecule has 2 fully saturated rings. The second-order valence-corrected chi connectivity index (χ2v) is 6.91. The number of nitrogens with zero attached hydrogens (tertiary/aromatic N) is 3. The highest BCUT2D eigenvalue weighted by atomic mass is 16.5. The van der Waals surface area contributed by atoms with Gasteiger partial charge in [-0.05, 0) is 33.1 Å². The average Bonchev–Trinajstić information content (AvgIpc) is 3.24. The Hall–Kier alpha value is -1.89. The van der Waals surface area contributed by atoms with Crippen LogP contribution in [0.1, 0.15) is 42.7 Å². The number of carbonyl (C=O) groups excluding carboxylic acids is 2. The van der Waals surface area contributed by atoms with Gasteiger partial charge in [-0.25, -0.2) is 0 Å². The third-order valence-corrected chi connectivity index (χ3v) is 5.19. The van der Waals surface area contributed by atoms with E-state index >= 15 is 0 Å². The standard InChI is InChI=1S/C18H27N3O4/c1-13-16(14(2)25-19-13)5-6-17(22)21-9-10-24-12-15(21)11-18(23)20-7-3-4-8-20/h15H,3-12H2,1-2H3/t15-/m1/s1. The van der Waals surface area contributed by atoms with Crippen molar-refractivity contribution >= 4 is 11.8 Å². The number of hydrogen-bond acceptors (Lipinski definition) is 5. The smallest absolute Gasteiger partial charge is 0.224 e. The normalized spacial score (nSPS) is 21.0. The third-order valence-electron chi connectivity index (χ3n) is 5.19. The van der Waals surface area contributed by atoms with Gasteiger partial charge in [0.2, 0.25) is 11.8 Å². The minimum absolute atomic E-state index is 0.0718. The Morgan fingerprint density at radius 1 is 1.16 bits per heavy atom. The molecule has 7 heteroatoms. The van der Waals surface area contributed by atoms with Crippen LogP contribution in [0, 0.1) is 13.8 Å². The van der Waals surface area contributed by atoms with E-state index in [-0.39, 0.29) is 17.9 Å². The lowest BCUT2D eigenvalue weighted by Crippen LogP contribution is -2.50. The molecule has 0 saturated carbocycles. The second kappa shape index (κ2) is 7.99. The molecule has 0 N–H and O–H groups in total. The highest BCUT2D eigenvalue weighted by Gasteiger charge is 2.31. The van der Waals surface area contributed by atoms with E-state index in [2.05, 4.69) is 5.16 Å². The van der Waals surface area contributed by atoms with Crippen LogP contribution < -0.4 is 0 Å². The molecule has 0 bridgehead atoms. The largest absolute Gasteiger partial charge is 0.377 e.